The van der Waals surface area contributed by atoms with Gasteiger partial charge in [-0.25, -0.2) is 0 Å². The lowest BCUT2D eigenvalue weighted by Crippen LogP contribution is -2.10. The second kappa shape index (κ2) is 5.26. The summed E-state index contributed by atoms with van der Waals surface area (Å²) in [6.45, 7) is 2.47. The Kier molecular flexibility index (Phi) is 3.69. The highest BCUT2D eigenvalue weighted by Gasteiger charge is 2.32. The number of hydrogen-bond acceptors (Lipinski definition) is 3. The maximum absolute atomic E-state index is 12.3. The molecule has 1 aromatic heterocycles. The van der Waals surface area contributed by atoms with Gasteiger partial charge in [0.05, 0.1) is 0 Å². The zero-order chi connectivity index (χ0) is 13.9. The number of halogens is 3. The van der Waals surface area contributed by atoms with E-state index in [9.17, 15) is 13.2 Å². The first kappa shape index (κ1) is 13.3. The van der Waals surface area contributed by atoms with Crippen LogP contribution in [-0.2, 0) is 12.7 Å². The topological polar surface area (TPSA) is 37.8 Å². The minimum Gasteiger partial charge on any atom is -0.365 e. The predicted octanol–water partition coefficient (Wildman–Crippen LogP) is 3.42. The van der Waals surface area contributed by atoms with Crippen molar-refractivity contribution in [2.75, 3.05) is 5.32 Å². The molecule has 100 valence electrons. The van der Waals surface area contributed by atoms with Gasteiger partial charge in [0.1, 0.15) is 5.82 Å². The van der Waals surface area contributed by atoms with E-state index in [-0.39, 0.29) is 0 Å². The lowest BCUT2D eigenvalue weighted by atomic mass is 10.1. The highest BCUT2D eigenvalue weighted by Crippen LogP contribution is 2.27. The molecule has 0 aliphatic rings. The molecule has 0 unspecified atom stereocenters. The fourth-order valence-electron chi connectivity index (χ4n) is 1.48. The van der Waals surface area contributed by atoms with Crippen LogP contribution < -0.4 is 5.32 Å². The Hall–Kier alpha value is -2.11. The van der Waals surface area contributed by atoms with Crippen LogP contribution in [0.4, 0.5) is 19.0 Å². The van der Waals surface area contributed by atoms with Gasteiger partial charge in [-0.3, -0.25) is 0 Å². The molecule has 0 aliphatic heterocycles. The third-order valence-electron chi connectivity index (χ3n) is 2.55. The molecule has 3 nitrogen and oxygen atoms in total. The summed E-state index contributed by atoms with van der Waals surface area (Å²) in [5.41, 5.74) is 1.18. The van der Waals surface area contributed by atoms with Crippen molar-refractivity contribution in [3.8, 4) is 0 Å². The molecule has 0 aliphatic carbocycles. The predicted molar refractivity (Wildman–Crippen MR) is 65.5 cm³/mol. The smallest absolute Gasteiger partial charge is 0.365 e. The van der Waals surface area contributed by atoms with E-state index in [1.807, 2.05) is 31.2 Å². The Bertz CT molecular complexity index is 533. The van der Waals surface area contributed by atoms with Crippen molar-refractivity contribution in [3.05, 3.63) is 53.2 Å². The summed E-state index contributed by atoms with van der Waals surface area (Å²) >= 11 is 0. The summed E-state index contributed by atoms with van der Waals surface area (Å²) < 4.78 is 36.9. The summed E-state index contributed by atoms with van der Waals surface area (Å²) in [6, 6.07) is 10.00. The maximum Gasteiger partial charge on any atom is 0.435 e. The number of alkyl halides is 3. The van der Waals surface area contributed by atoms with Crippen LogP contribution in [0.3, 0.4) is 0 Å². The lowest BCUT2D eigenvalue weighted by Gasteiger charge is -2.07. The van der Waals surface area contributed by atoms with Crippen LogP contribution in [0.2, 0.25) is 0 Å². The van der Waals surface area contributed by atoms with Gasteiger partial charge in [-0.15, -0.1) is 10.2 Å². The fraction of sp³-hybridized carbons (Fsp3) is 0.231. The molecule has 0 fully saturated rings. The molecule has 2 rings (SSSR count). The molecule has 6 heteroatoms. The SMILES string of the molecule is Cc1ccc(CNc2ccc(C(F)(F)F)nn2)cc1. The van der Waals surface area contributed by atoms with Crippen LogP contribution in [0, 0.1) is 6.92 Å². The number of nitrogens with zero attached hydrogens (tertiary/aromatic N) is 2. The zero-order valence-corrected chi connectivity index (χ0v) is 10.2. The van der Waals surface area contributed by atoms with Gasteiger partial charge >= 0.3 is 6.18 Å². The Morgan fingerprint density at radius 1 is 1.00 bits per heavy atom. The number of nitrogens with one attached hydrogen (secondary N) is 1. The molecule has 0 saturated carbocycles. The van der Waals surface area contributed by atoms with Gasteiger partial charge in [0.25, 0.3) is 0 Å². The van der Waals surface area contributed by atoms with Crippen molar-refractivity contribution in [2.45, 2.75) is 19.6 Å². The first-order valence-corrected chi connectivity index (χ1v) is 5.65. The number of rotatable bonds is 3. The van der Waals surface area contributed by atoms with E-state index in [1.165, 1.54) is 6.07 Å². The van der Waals surface area contributed by atoms with Crippen molar-refractivity contribution in [3.63, 3.8) is 0 Å². The van der Waals surface area contributed by atoms with Crippen LogP contribution >= 0.6 is 0 Å². The molecule has 1 aromatic carbocycles. The number of aromatic nitrogens is 2. The third-order valence-corrected chi connectivity index (χ3v) is 2.55. The van der Waals surface area contributed by atoms with E-state index in [2.05, 4.69) is 15.5 Å². The zero-order valence-electron chi connectivity index (χ0n) is 10.2. The monoisotopic (exact) mass is 267 g/mol. The van der Waals surface area contributed by atoms with Crippen LogP contribution in [0.1, 0.15) is 16.8 Å². The second-order valence-electron chi connectivity index (χ2n) is 4.14. The van der Waals surface area contributed by atoms with E-state index in [0.29, 0.717) is 12.4 Å². The van der Waals surface area contributed by atoms with Gasteiger partial charge in [-0.05, 0) is 24.6 Å². The molecular weight excluding hydrogens is 255 g/mol. The molecule has 0 radical (unpaired) electrons. The van der Waals surface area contributed by atoms with Crippen molar-refractivity contribution in [1.29, 1.82) is 0 Å². The van der Waals surface area contributed by atoms with E-state index >= 15 is 0 Å². The minimum absolute atomic E-state index is 0.313. The van der Waals surface area contributed by atoms with E-state index in [0.717, 1.165) is 17.2 Å². The Balaban J connectivity index is 1.98. The van der Waals surface area contributed by atoms with Gasteiger partial charge in [-0.1, -0.05) is 29.8 Å². The molecule has 0 bridgehead atoms. The lowest BCUT2D eigenvalue weighted by molar-refractivity contribution is -0.141. The Morgan fingerprint density at radius 3 is 2.21 bits per heavy atom. The fourth-order valence-corrected chi connectivity index (χ4v) is 1.48. The summed E-state index contributed by atoms with van der Waals surface area (Å²) in [5, 5.41) is 9.55. The van der Waals surface area contributed by atoms with E-state index < -0.39 is 11.9 Å². The van der Waals surface area contributed by atoms with Gasteiger partial charge in [-0.2, -0.15) is 13.2 Å². The third kappa shape index (κ3) is 3.67. The van der Waals surface area contributed by atoms with Crippen molar-refractivity contribution >= 4 is 5.82 Å². The molecule has 1 N–H and O–H groups in total. The molecular formula is C13H12F3N3. The van der Waals surface area contributed by atoms with Crippen molar-refractivity contribution in [2.24, 2.45) is 0 Å². The minimum atomic E-state index is -4.46. The number of benzene rings is 1. The van der Waals surface area contributed by atoms with Gasteiger partial charge in [0.15, 0.2) is 5.69 Å². The Morgan fingerprint density at radius 2 is 1.68 bits per heavy atom. The molecule has 19 heavy (non-hydrogen) atoms. The van der Waals surface area contributed by atoms with Crippen LogP contribution in [0.5, 0.6) is 0 Å². The van der Waals surface area contributed by atoms with Gasteiger partial charge < -0.3 is 5.32 Å². The quantitative estimate of drug-likeness (QED) is 0.926. The highest BCUT2D eigenvalue weighted by atomic mass is 19.4. The Labute approximate surface area is 108 Å². The normalized spacial score (nSPS) is 11.4. The molecule has 0 amide bonds. The number of hydrogen-bond donors (Lipinski definition) is 1. The average molecular weight is 267 g/mol. The maximum atomic E-state index is 12.3. The van der Waals surface area contributed by atoms with Crippen LogP contribution in [0.15, 0.2) is 36.4 Å². The first-order valence-electron chi connectivity index (χ1n) is 5.65. The van der Waals surface area contributed by atoms with E-state index in [1.54, 1.807) is 0 Å². The summed E-state index contributed by atoms with van der Waals surface area (Å²) in [4.78, 5) is 0. The summed E-state index contributed by atoms with van der Waals surface area (Å²) in [7, 11) is 0. The first-order chi connectivity index (χ1) is 8.95. The highest BCUT2D eigenvalue weighted by molar-refractivity contribution is 5.35. The van der Waals surface area contributed by atoms with Crippen LogP contribution in [-0.4, -0.2) is 10.2 Å². The molecule has 0 atom stereocenters. The molecule has 2 aromatic rings. The van der Waals surface area contributed by atoms with Gasteiger partial charge in [0, 0.05) is 6.54 Å². The standard InChI is InChI=1S/C13H12F3N3/c1-9-2-4-10(5-3-9)8-17-12-7-6-11(18-19-12)13(14,15)16/h2-7H,8H2,1H3,(H,17,19). The molecule has 0 saturated heterocycles. The van der Waals surface area contributed by atoms with Gasteiger partial charge in [0.2, 0.25) is 0 Å². The molecule has 0 spiro atoms. The summed E-state index contributed by atoms with van der Waals surface area (Å²) in [6.07, 6.45) is -4.46. The number of aryl methyl sites for hydroxylation is 1. The average Bonchev–Trinajstić information content (AvgIpc) is 2.37. The summed E-state index contributed by atoms with van der Waals surface area (Å²) in [5.74, 6) is 0.313. The van der Waals surface area contributed by atoms with Crippen molar-refractivity contribution in [1.82, 2.24) is 10.2 Å². The van der Waals surface area contributed by atoms with E-state index in [4.69, 9.17) is 0 Å². The molecule has 1 heterocycles. The largest absolute Gasteiger partial charge is 0.435 e. The number of anilines is 1. The van der Waals surface area contributed by atoms with Crippen molar-refractivity contribution < 1.29 is 13.2 Å². The van der Waals surface area contributed by atoms with Crippen LogP contribution in [0.25, 0.3) is 0 Å². The second-order valence-corrected chi connectivity index (χ2v) is 4.14.